The number of phenols is 1. The monoisotopic (exact) mass is 444 g/mol. The van der Waals surface area contributed by atoms with Crippen LogP contribution in [0.25, 0.3) is 5.76 Å². The van der Waals surface area contributed by atoms with E-state index in [-0.39, 0.29) is 11.3 Å². The van der Waals surface area contributed by atoms with Crippen molar-refractivity contribution in [3.05, 3.63) is 46.2 Å². The summed E-state index contributed by atoms with van der Waals surface area (Å²) in [5, 5.41) is 54.9. The Morgan fingerprint density at radius 1 is 1.16 bits per heavy atom. The van der Waals surface area contributed by atoms with Crippen LogP contribution < -0.4 is 5.73 Å². The van der Waals surface area contributed by atoms with Crippen LogP contribution in [0.1, 0.15) is 24.0 Å². The summed E-state index contributed by atoms with van der Waals surface area (Å²) in [7, 11) is 2.92. The molecule has 7 N–H and O–H groups in total. The first-order valence-corrected chi connectivity index (χ1v) is 10.0. The average molecular weight is 444 g/mol. The lowest BCUT2D eigenvalue weighted by molar-refractivity contribution is -0.169. The van der Waals surface area contributed by atoms with E-state index in [9.17, 15) is 39.9 Å². The van der Waals surface area contributed by atoms with Gasteiger partial charge in [0.25, 0.3) is 5.91 Å². The molecule has 1 amide bonds. The highest BCUT2D eigenvalue weighted by molar-refractivity contribution is 6.24. The Morgan fingerprint density at radius 2 is 1.78 bits per heavy atom. The Hall–Kier alpha value is -3.21. The number of aliphatic hydroxyl groups is 4. The molecule has 3 aliphatic carbocycles. The number of phenolic OH excluding ortho intramolecular Hbond substituents is 1. The average Bonchev–Trinajstić information content (AvgIpc) is 2.70. The highest BCUT2D eigenvalue weighted by atomic mass is 16.4. The maximum Gasteiger partial charge on any atom is 0.255 e. The number of ketones is 2. The van der Waals surface area contributed by atoms with Crippen molar-refractivity contribution in [2.75, 3.05) is 14.1 Å². The molecule has 170 valence electrons. The van der Waals surface area contributed by atoms with Crippen LogP contribution in [-0.2, 0) is 14.4 Å². The van der Waals surface area contributed by atoms with Gasteiger partial charge in [-0.25, -0.2) is 0 Å². The third-order valence-electron chi connectivity index (χ3n) is 6.99. The van der Waals surface area contributed by atoms with Gasteiger partial charge in [0.15, 0.2) is 11.4 Å². The Kier molecular flexibility index (Phi) is 4.74. The van der Waals surface area contributed by atoms with Crippen LogP contribution in [0.3, 0.4) is 0 Å². The number of nitrogens with two attached hydrogens (primary N) is 1. The number of primary amides is 1. The molecule has 0 heterocycles. The first-order valence-electron chi connectivity index (χ1n) is 10.0. The van der Waals surface area contributed by atoms with E-state index in [0.717, 1.165) is 0 Å². The van der Waals surface area contributed by atoms with Crippen molar-refractivity contribution in [1.82, 2.24) is 4.90 Å². The number of rotatable bonds is 2. The van der Waals surface area contributed by atoms with E-state index in [1.165, 1.54) is 25.1 Å². The van der Waals surface area contributed by atoms with E-state index in [4.69, 9.17) is 5.73 Å². The number of benzene rings is 1. The van der Waals surface area contributed by atoms with Gasteiger partial charge < -0.3 is 31.3 Å². The maximum atomic E-state index is 13.7. The maximum absolute atomic E-state index is 13.7. The number of hydrogen-bond acceptors (Lipinski definition) is 9. The number of fused-ring (bicyclic) bond motifs is 3. The third kappa shape index (κ3) is 2.48. The molecule has 0 aliphatic heterocycles. The van der Waals surface area contributed by atoms with E-state index in [0.29, 0.717) is 5.56 Å². The first kappa shape index (κ1) is 22.0. The number of aromatic hydroxyl groups is 1. The molecule has 10 heteroatoms. The fourth-order valence-electron chi connectivity index (χ4n) is 5.58. The van der Waals surface area contributed by atoms with Gasteiger partial charge in [-0.2, -0.15) is 0 Å². The second-order valence-corrected chi connectivity index (χ2v) is 8.79. The second kappa shape index (κ2) is 6.89. The number of carbonyl (C=O) groups excluding carboxylic acids is 3. The van der Waals surface area contributed by atoms with E-state index < -0.39 is 75.6 Å². The van der Waals surface area contributed by atoms with Gasteiger partial charge in [0.1, 0.15) is 22.8 Å². The van der Waals surface area contributed by atoms with Crippen molar-refractivity contribution < 1.29 is 39.9 Å². The zero-order valence-electron chi connectivity index (χ0n) is 17.6. The molecule has 0 bridgehead atoms. The number of likely N-dealkylation sites (N-methyl/N-ethyl adjacent to an activating group) is 1. The first-order chi connectivity index (χ1) is 14.9. The van der Waals surface area contributed by atoms with E-state index >= 15 is 0 Å². The van der Waals surface area contributed by atoms with Crippen LogP contribution in [0.5, 0.6) is 5.75 Å². The van der Waals surface area contributed by atoms with Gasteiger partial charge in [-0.1, -0.05) is 19.1 Å². The molecular formula is C22H24N2O8. The number of carbonyl (C=O) groups is 3. The van der Waals surface area contributed by atoms with Crippen molar-refractivity contribution >= 4 is 23.2 Å². The molecule has 1 aromatic rings. The summed E-state index contributed by atoms with van der Waals surface area (Å²) >= 11 is 0. The SMILES string of the molecule is C[C@H]1c2cccc(O)c2C(O)=C2C(=O)[C@]3(O)C(O)=C(C(N)=O)C(=O)C(N(C)C)[C@@H]3[C@@H](O)C21. The fourth-order valence-corrected chi connectivity index (χ4v) is 5.58. The van der Waals surface area contributed by atoms with Gasteiger partial charge in [-0.15, -0.1) is 0 Å². The highest BCUT2D eigenvalue weighted by Crippen LogP contribution is 2.55. The lowest BCUT2D eigenvalue weighted by Crippen LogP contribution is -2.70. The van der Waals surface area contributed by atoms with Gasteiger partial charge in [-0.3, -0.25) is 19.3 Å². The molecule has 0 spiro atoms. The minimum absolute atomic E-state index is 0.0245. The Labute approximate surface area is 182 Å². The molecule has 1 aromatic carbocycles. The molecule has 10 nitrogen and oxygen atoms in total. The summed E-state index contributed by atoms with van der Waals surface area (Å²) in [6.45, 7) is 1.68. The molecule has 1 fully saturated rings. The predicted molar refractivity (Wildman–Crippen MR) is 110 cm³/mol. The zero-order valence-corrected chi connectivity index (χ0v) is 17.6. The molecule has 3 aliphatic rings. The zero-order chi connectivity index (χ0) is 23.9. The van der Waals surface area contributed by atoms with Crippen molar-refractivity contribution in [2.45, 2.75) is 30.6 Å². The van der Waals surface area contributed by atoms with Crippen LogP contribution in [0.15, 0.2) is 35.1 Å². The Bertz CT molecular complexity index is 1140. The molecule has 0 aromatic heterocycles. The molecule has 0 saturated heterocycles. The summed E-state index contributed by atoms with van der Waals surface area (Å²) in [6, 6.07) is 3.13. The Balaban J connectivity index is 2.07. The largest absolute Gasteiger partial charge is 0.508 e. The highest BCUT2D eigenvalue weighted by Gasteiger charge is 2.68. The standard InChI is InChI=1S/C22H24N2O8/c1-7-8-5-4-6-9(25)11(8)16(26)12-10(7)17(27)14-15(24(2)3)18(28)13(21(23)31)20(30)22(14,32)19(12)29/h4-7,10,14-15,17,25-27,30,32H,1-3H3,(H2,23,31)/t7-,10?,14+,15?,17-,22-/m0/s1. The van der Waals surface area contributed by atoms with E-state index in [1.807, 2.05) is 0 Å². The number of amides is 1. The Morgan fingerprint density at radius 3 is 2.34 bits per heavy atom. The lowest BCUT2D eigenvalue weighted by Gasteiger charge is -2.53. The summed E-state index contributed by atoms with van der Waals surface area (Å²) in [6.07, 6.45) is -1.59. The van der Waals surface area contributed by atoms with Crippen molar-refractivity contribution in [3.8, 4) is 5.75 Å². The van der Waals surface area contributed by atoms with Crippen LogP contribution >= 0.6 is 0 Å². The van der Waals surface area contributed by atoms with Gasteiger partial charge in [0, 0.05) is 11.5 Å². The van der Waals surface area contributed by atoms with E-state index in [2.05, 4.69) is 0 Å². The van der Waals surface area contributed by atoms with E-state index in [1.54, 1.807) is 19.1 Å². The number of hydrogen-bond donors (Lipinski definition) is 6. The van der Waals surface area contributed by atoms with Gasteiger partial charge >= 0.3 is 0 Å². The summed E-state index contributed by atoms with van der Waals surface area (Å²) in [4.78, 5) is 40.0. The normalized spacial score (nSPS) is 34.4. The molecule has 2 unspecified atom stereocenters. The van der Waals surface area contributed by atoms with Crippen LogP contribution in [0.4, 0.5) is 0 Å². The van der Waals surface area contributed by atoms with Crippen LogP contribution in [0, 0.1) is 11.8 Å². The third-order valence-corrected chi connectivity index (χ3v) is 6.99. The number of Topliss-reactive ketones (excluding diaryl/α,β-unsaturated/α-hetero) is 2. The molecule has 1 saturated carbocycles. The number of nitrogens with zero attached hydrogens (tertiary/aromatic N) is 1. The van der Waals surface area contributed by atoms with Gasteiger partial charge in [-0.05, 0) is 31.6 Å². The topological polar surface area (TPSA) is 182 Å². The van der Waals surface area contributed by atoms with Crippen molar-refractivity contribution in [1.29, 1.82) is 0 Å². The van der Waals surface area contributed by atoms with Gasteiger partial charge in [0.05, 0.1) is 23.6 Å². The molecular weight excluding hydrogens is 420 g/mol. The van der Waals surface area contributed by atoms with Gasteiger partial charge in [0.2, 0.25) is 5.78 Å². The quantitative estimate of drug-likeness (QED) is 0.327. The summed E-state index contributed by atoms with van der Waals surface area (Å²) in [5.41, 5.74) is 1.47. The lowest BCUT2D eigenvalue weighted by atomic mass is 9.54. The van der Waals surface area contributed by atoms with Crippen molar-refractivity contribution in [3.63, 3.8) is 0 Å². The number of aliphatic hydroxyl groups excluding tert-OH is 3. The van der Waals surface area contributed by atoms with Crippen molar-refractivity contribution in [2.24, 2.45) is 17.6 Å². The molecule has 6 atom stereocenters. The van der Waals surface area contributed by atoms with Crippen LogP contribution in [-0.4, -0.2) is 79.7 Å². The van der Waals surface area contributed by atoms with Crippen LogP contribution in [0.2, 0.25) is 0 Å². The molecule has 32 heavy (non-hydrogen) atoms. The minimum Gasteiger partial charge on any atom is -0.508 e. The summed E-state index contributed by atoms with van der Waals surface area (Å²) in [5.74, 6) is -8.87. The molecule has 0 radical (unpaired) electrons. The smallest absolute Gasteiger partial charge is 0.255 e. The second-order valence-electron chi connectivity index (χ2n) is 8.79. The summed E-state index contributed by atoms with van der Waals surface area (Å²) < 4.78 is 0. The molecule has 4 rings (SSSR count). The predicted octanol–water partition coefficient (Wildman–Crippen LogP) is -0.504. The fraction of sp³-hybridized carbons (Fsp3) is 0.409. The minimum atomic E-state index is -2.89.